The fraction of sp³-hybridized carbons (Fsp3) is 0.500. The van der Waals surface area contributed by atoms with Crippen LogP contribution in [0.1, 0.15) is 32.4 Å². The monoisotopic (exact) mass is 234 g/mol. The number of rotatable bonds is 4. The Bertz CT molecular complexity index is 399. The second kappa shape index (κ2) is 4.49. The average molecular weight is 234 g/mol. The van der Waals surface area contributed by atoms with Crippen LogP contribution in [0.15, 0.2) is 30.3 Å². The van der Waals surface area contributed by atoms with Crippen molar-refractivity contribution in [1.82, 2.24) is 0 Å². The fourth-order valence-electron chi connectivity index (χ4n) is 1.77. The lowest BCUT2D eigenvalue weighted by atomic mass is 10.0. The van der Waals surface area contributed by atoms with E-state index in [1.807, 2.05) is 44.2 Å². The zero-order valence-corrected chi connectivity index (χ0v) is 10.5. The molecule has 2 rings (SSSR count). The normalized spacial score (nSPS) is 26.9. The van der Waals surface area contributed by atoms with Crippen LogP contribution in [0.2, 0.25) is 0 Å². The maximum atomic E-state index is 11.9. The van der Waals surface area contributed by atoms with E-state index in [0.717, 1.165) is 5.56 Å². The molecule has 1 aromatic rings. The summed E-state index contributed by atoms with van der Waals surface area (Å²) in [5.41, 5.74) is 0.229. The Labute approximate surface area is 102 Å². The van der Waals surface area contributed by atoms with Gasteiger partial charge in [0.1, 0.15) is 6.10 Å². The first kappa shape index (κ1) is 12.1. The smallest absolute Gasteiger partial charge is 0.341 e. The molecule has 1 aliphatic rings. The molecule has 0 aliphatic carbocycles. The van der Waals surface area contributed by atoms with E-state index in [2.05, 4.69) is 0 Å². The molecule has 17 heavy (non-hydrogen) atoms. The van der Waals surface area contributed by atoms with E-state index in [0.29, 0.717) is 12.5 Å². The minimum Gasteiger partial charge on any atom is -0.463 e. The summed E-state index contributed by atoms with van der Waals surface area (Å²) in [4.78, 5) is 11.9. The standard InChI is InChI=1S/C14H18O3/c1-10(2)9-16-13(15)14(3)12(17-14)11-7-5-4-6-8-11/h4-8,10,12H,9H2,1-3H3. The Kier molecular flexibility index (Phi) is 3.20. The lowest BCUT2D eigenvalue weighted by Crippen LogP contribution is -2.25. The first-order valence-electron chi connectivity index (χ1n) is 5.94. The van der Waals surface area contributed by atoms with Crippen LogP contribution >= 0.6 is 0 Å². The highest BCUT2D eigenvalue weighted by atomic mass is 16.7. The van der Waals surface area contributed by atoms with E-state index in [1.54, 1.807) is 6.92 Å². The maximum Gasteiger partial charge on any atom is 0.341 e. The second-order valence-corrected chi connectivity index (χ2v) is 5.01. The van der Waals surface area contributed by atoms with Crippen molar-refractivity contribution in [3.05, 3.63) is 35.9 Å². The van der Waals surface area contributed by atoms with Crippen molar-refractivity contribution >= 4 is 5.97 Å². The molecule has 0 aromatic heterocycles. The Morgan fingerprint density at radius 2 is 2.06 bits per heavy atom. The van der Waals surface area contributed by atoms with Crippen LogP contribution < -0.4 is 0 Å². The number of hydrogen-bond acceptors (Lipinski definition) is 3. The molecular weight excluding hydrogens is 216 g/mol. The fourth-order valence-corrected chi connectivity index (χ4v) is 1.77. The first-order chi connectivity index (χ1) is 8.04. The summed E-state index contributed by atoms with van der Waals surface area (Å²) in [5.74, 6) is 0.0801. The van der Waals surface area contributed by atoms with Gasteiger partial charge in [-0.2, -0.15) is 0 Å². The van der Waals surface area contributed by atoms with Gasteiger partial charge < -0.3 is 9.47 Å². The molecule has 2 atom stereocenters. The van der Waals surface area contributed by atoms with E-state index in [4.69, 9.17) is 9.47 Å². The van der Waals surface area contributed by atoms with Crippen LogP contribution in [0, 0.1) is 5.92 Å². The minimum absolute atomic E-state index is 0.164. The van der Waals surface area contributed by atoms with Gasteiger partial charge in [-0.25, -0.2) is 4.79 Å². The summed E-state index contributed by atoms with van der Waals surface area (Å²) in [6.07, 6.45) is -0.164. The van der Waals surface area contributed by atoms with Crippen molar-refractivity contribution < 1.29 is 14.3 Å². The lowest BCUT2D eigenvalue weighted by molar-refractivity contribution is -0.150. The predicted octanol–water partition coefficient (Wildman–Crippen LogP) is 2.72. The van der Waals surface area contributed by atoms with Gasteiger partial charge in [-0.05, 0) is 18.4 Å². The van der Waals surface area contributed by atoms with Crippen LogP contribution in [-0.2, 0) is 14.3 Å². The first-order valence-corrected chi connectivity index (χ1v) is 5.94. The van der Waals surface area contributed by atoms with Crippen LogP contribution in [0.3, 0.4) is 0 Å². The number of carbonyl (C=O) groups excluding carboxylic acids is 1. The van der Waals surface area contributed by atoms with Crippen LogP contribution in [-0.4, -0.2) is 18.2 Å². The minimum atomic E-state index is -0.795. The third-order valence-corrected chi connectivity index (χ3v) is 2.86. The van der Waals surface area contributed by atoms with Crippen LogP contribution in [0.4, 0.5) is 0 Å². The third-order valence-electron chi connectivity index (χ3n) is 2.86. The highest BCUT2D eigenvalue weighted by Gasteiger charge is 2.60. The predicted molar refractivity (Wildman–Crippen MR) is 64.5 cm³/mol. The number of hydrogen-bond donors (Lipinski definition) is 0. The van der Waals surface area contributed by atoms with Gasteiger partial charge in [-0.15, -0.1) is 0 Å². The summed E-state index contributed by atoms with van der Waals surface area (Å²) in [7, 11) is 0. The van der Waals surface area contributed by atoms with E-state index < -0.39 is 5.60 Å². The molecule has 0 amide bonds. The molecule has 1 heterocycles. The van der Waals surface area contributed by atoms with Crippen molar-refractivity contribution in [2.45, 2.75) is 32.5 Å². The molecule has 1 saturated heterocycles. The Hall–Kier alpha value is -1.35. The van der Waals surface area contributed by atoms with E-state index in [9.17, 15) is 4.79 Å². The number of benzene rings is 1. The van der Waals surface area contributed by atoms with Crippen molar-refractivity contribution in [1.29, 1.82) is 0 Å². The third kappa shape index (κ3) is 2.50. The van der Waals surface area contributed by atoms with Gasteiger partial charge in [0.15, 0.2) is 5.60 Å². The highest BCUT2D eigenvalue weighted by Crippen LogP contribution is 2.50. The molecule has 2 unspecified atom stereocenters. The van der Waals surface area contributed by atoms with Gasteiger partial charge >= 0.3 is 5.97 Å². The molecule has 0 spiro atoms. The molecule has 0 bridgehead atoms. The quantitative estimate of drug-likeness (QED) is 0.594. The molecule has 1 fully saturated rings. The number of ether oxygens (including phenoxy) is 2. The SMILES string of the molecule is CC(C)COC(=O)C1(C)OC1c1ccccc1. The summed E-state index contributed by atoms with van der Waals surface area (Å²) in [5, 5.41) is 0. The van der Waals surface area contributed by atoms with Gasteiger partial charge in [0, 0.05) is 0 Å². The van der Waals surface area contributed by atoms with Crippen molar-refractivity contribution in [3.8, 4) is 0 Å². The van der Waals surface area contributed by atoms with Gasteiger partial charge in [0.2, 0.25) is 0 Å². The van der Waals surface area contributed by atoms with Gasteiger partial charge in [0.25, 0.3) is 0 Å². The number of esters is 1. The highest BCUT2D eigenvalue weighted by molar-refractivity contribution is 5.83. The molecule has 0 N–H and O–H groups in total. The van der Waals surface area contributed by atoms with Crippen molar-refractivity contribution in [2.24, 2.45) is 5.92 Å². The maximum absolute atomic E-state index is 11.9. The molecule has 1 aromatic carbocycles. The summed E-state index contributed by atoms with van der Waals surface area (Å²) < 4.78 is 10.7. The largest absolute Gasteiger partial charge is 0.463 e. The Balaban J connectivity index is 1.97. The van der Waals surface area contributed by atoms with E-state index in [-0.39, 0.29) is 12.1 Å². The van der Waals surface area contributed by atoms with Crippen LogP contribution in [0.5, 0.6) is 0 Å². The molecule has 0 saturated carbocycles. The molecule has 3 heteroatoms. The molecule has 3 nitrogen and oxygen atoms in total. The number of carbonyl (C=O) groups is 1. The number of epoxide rings is 1. The molecular formula is C14H18O3. The zero-order valence-electron chi connectivity index (χ0n) is 10.5. The zero-order chi connectivity index (χ0) is 12.5. The van der Waals surface area contributed by atoms with Crippen molar-refractivity contribution in [2.75, 3.05) is 6.61 Å². The summed E-state index contributed by atoms with van der Waals surface area (Å²) >= 11 is 0. The average Bonchev–Trinajstić information content (AvgIpc) is 3.01. The van der Waals surface area contributed by atoms with Gasteiger partial charge in [-0.3, -0.25) is 0 Å². The van der Waals surface area contributed by atoms with E-state index in [1.165, 1.54) is 0 Å². The Morgan fingerprint density at radius 1 is 1.41 bits per heavy atom. The lowest BCUT2D eigenvalue weighted by Gasteiger charge is -2.09. The molecule has 1 aliphatic heterocycles. The Morgan fingerprint density at radius 3 is 2.65 bits per heavy atom. The van der Waals surface area contributed by atoms with Crippen LogP contribution in [0.25, 0.3) is 0 Å². The van der Waals surface area contributed by atoms with Gasteiger partial charge in [-0.1, -0.05) is 44.2 Å². The molecule has 0 radical (unpaired) electrons. The summed E-state index contributed by atoms with van der Waals surface area (Å²) in [6, 6.07) is 9.76. The van der Waals surface area contributed by atoms with E-state index >= 15 is 0 Å². The van der Waals surface area contributed by atoms with Gasteiger partial charge in [0.05, 0.1) is 6.61 Å². The molecule has 92 valence electrons. The second-order valence-electron chi connectivity index (χ2n) is 5.01. The topological polar surface area (TPSA) is 38.8 Å². The van der Waals surface area contributed by atoms with Crippen molar-refractivity contribution in [3.63, 3.8) is 0 Å². The summed E-state index contributed by atoms with van der Waals surface area (Å²) in [6.45, 7) is 6.25.